The van der Waals surface area contributed by atoms with Crippen molar-refractivity contribution in [3.63, 3.8) is 0 Å². The Morgan fingerprint density at radius 3 is 2.50 bits per heavy atom. The molecule has 0 bridgehead atoms. The molecule has 1 aromatic carbocycles. The molecule has 1 aromatic heterocycles. The van der Waals surface area contributed by atoms with Gasteiger partial charge in [-0.25, -0.2) is 4.79 Å². The van der Waals surface area contributed by atoms with Gasteiger partial charge in [-0.15, -0.1) is 0 Å². The number of rotatable bonds is 4. The molecule has 0 saturated carbocycles. The van der Waals surface area contributed by atoms with Gasteiger partial charge < -0.3 is 9.72 Å². The first-order valence-corrected chi connectivity index (χ1v) is 5.64. The average molecular weight is 264 g/mol. The van der Waals surface area contributed by atoms with E-state index >= 15 is 0 Å². The van der Waals surface area contributed by atoms with Crippen LogP contribution in [0.2, 0.25) is 5.02 Å². The molecular weight excluding hydrogens is 254 g/mol. The Hall–Kier alpha value is -2.07. The van der Waals surface area contributed by atoms with E-state index < -0.39 is 5.97 Å². The first-order chi connectivity index (χ1) is 8.66. The summed E-state index contributed by atoms with van der Waals surface area (Å²) in [6.45, 7) is -0.290. The van der Waals surface area contributed by atoms with Crippen LogP contribution in [0.25, 0.3) is 0 Å². The lowest BCUT2D eigenvalue weighted by Gasteiger charge is -2.03. The Labute approximate surface area is 109 Å². The van der Waals surface area contributed by atoms with E-state index in [1.54, 1.807) is 42.6 Å². The Kier molecular flexibility index (Phi) is 3.79. The molecule has 2 aromatic rings. The molecule has 0 atom stereocenters. The molecule has 5 heteroatoms. The fraction of sp³-hybridized carbons (Fsp3) is 0.0769. The summed E-state index contributed by atoms with van der Waals surface area (Å²) in [5, 5.41) is 0.536. The highest BCUT2D eigenvalue weighted by atomic mass is 35.5. The van der Waals surface area contributed by atoms with E-state index in [0.717, 1.165) is 0 Å². The summed E-state index contributed by atoms with van der Waals surface area (Å²) in [5.74, 6) is -0.825. The van der Waals surface area contributed by atoms with Crippen LogP contribution in [0.1, 0.15) is 20.8 Å². The van der Waals surface area contributed by atoms with Crippen molar-refractivity contribution in [2.45, 2.75) is 0 Å². The number of ketones is 1. The zero-order valence-corrected chi connectivity index (χ0v) is 10.1. The molecule has 1 heterocycles. The molecule has 0 aliphatic rings. The van der Waals surface area contributed by atoms with Gasteiger partial charge in [-0.2, -0.15) is 0 Å². The van der Waals surface area contributed by atoms with Crippen molar-refractivity contribution in [1.82, 2.24) is 4.98 Å². The van der Waals surface area contributed by atoms with Gasteiger partial charge in [-0.3, -0.25) is 4.79 Å². The van der Waals surface area contributed by atoms with Gasteiger partial charge in [-0.1, -0.05) is 11.6 Å². The molecule has 0 saturated heterocycles. The average Bonchev–Trinajstić information content (AvgIpc) is 2.90. The zero-order valence-electron chi connectivity index (χ0n) is 9.35. The molecule has 0 aliphatic heterocycles. The fourth-order valence-corrected chi connectivity index (χ4v) is 1.51. The molecule has 18 heavy (non-hydrogen) atoms. The van der Waals surface area contributed by atoms with Gasteiger partial charge in [0.05, 0.1) is 11.3 Å². The number of esters is 1. The van der Waals surface area contributed by atoms with Gasteiger partial charge in [0.25, 0.3) is 0 Å². The van der Waals surface area contributed by atoms with Crippen molar-refractivity contribution in [2.75, 3.05) is 6.61 Å². The summed E-state index contributed by atoms with van der Waals surface area (Å²) in [7, 11) is 0. The van der Waals surface area contributed by atoms with Crippen LogP contribution in [0.4, 0.5) is 0 Å². The summed E-state index contributed by atoms with van der Waals surface area (Å²) < 4.78 is 4.90. The Morgan fingerprint density at radius 2 is 1.89 bits per heavy atom. The van der Waals surface area contributed by atoms with Crippen molar-refractivity contribution in [2.24, 2.45) is 0 Å². The third-order valence-electron chi connectivity index (χ3n) is 2.31. The molecule has 0 fully saturated rings. The summed E-state index contributed by atoms with van der Waals surface area (Å²) in [4.78, 5) is 25.9. The van der Waals surface area contributed by atoms with E-state index in [1.807, 2.05) is 0 Å². The lowest BCUT2D eigenvalue weighted by molar-refractivity contribution is 0.0473. The van der Waals surface area contributed by atoms with Crippen molar-refractivity contribution >= 4 is 23.4 Å². The van der Waals surface area contributed by atoms with Gasteiger partial charge in [-0.05, 0) is 36.4 Å². The predicted octanol–water partition coefficient (Wildman–Crippen LogP) is 2.71. The number of aromatic nitrogens is 1. The quantitative estimate of drug-likeness (QED) is 0.681. The third kappa shape index (κ3) is 2.99. The first-order valence-electron chi connectivity index (χ1n) is 5.26. The van der Waals surface area contributed by atoms with Crippen molar-refractivity contribution in [3.05, 3.63) is 58.9 Å². The van der Waals surface area contributed by atoms with Crippen molar-refractivity contribution in [1.29, 1.82) is 0 Å². The van der Waals surface area contributed by atoms with Gasteiger partial charge in [0.2, 0.25) is 5.78 Å². The van der Waals surface area contributed by atoms with Gasteiger partial charge >= 0.3 is 5.97 Å². The van der Waals surface area contributed by atoms with Crippen LogP contribution in [0.3, 0.4) is 0 Å². The van der Waals surface area contributed by atoms with E-state index in [4.69, 9.17) is 16.3 Å². The lowest BCUT2D eigenvalue weighted by atomic mass is 10.2. The van der Waals surface area contributed by atoms with Crippen molar-refractivity contribution in [3.8, 4) is 0 Å². The minimum Gasteiger partial charge on any atom is -0.454 e. The topological polar surface area (TPSA) is 59.2 Å². The van der Waals surface area contributed by atoms with Gasteiger partial charge in [0, 0.05) is 11.2 Å². The maximum absolute atomic E-state index is 11.6. The highest BCUT2D eigenvalue weighted by Gasteiger charge is 2.11. The molecule has 0 radical (unpaired) electrons. The van der Waals surface area contributed by atoms with E-state index in [1.165, 1.54) is 0 Å². The molecule has 92 valence electrons. The SMILES string of the molecule is O=C(OCC(=O)c1ccc[nH]1)c1ccc(Cl)cc1. The van der Waals surface area contributed by atoms with Crippen LogP contribution in [0, 0.1) is 0 Å². The second-order valence-corrected chi connectivity index (χ2v) is 4.03. The number of benzene rings is 1. The number of H-pyrrole nitrogens is 1. The number of Topliss-reactive ketones (excluding diaryl/α,β-unsaturated/α-hetero) is 1. The van der Waals surface area contributed by atoms with Crippen LogP contribution in [-0.2, 0) is 4.74 Å². The molecule has 1 N–H and O–H groups in total. The third-order valence-corrected chi connectivity index (χ3v) is 2.56. The highest BCUT2D eigenvalue weighted by molar-refractivity contribution is 6.30. The number of carbonyl (C=O) groups is 2. The van der Waals surface area contributed by atoms with Crippen LogP contribution >= 0.6 is 11.6 Å². The van der Waals surface area contributed by atoms with Crippen LogP contribution < -0.4 is 0 Å². The van der Waals surface area contributed by atoms with Crippen LogP contribution in [0.5, 0.6) is 0 Å². The lowest BCUT2D eigenvalue weighted by Crippen LogP contribution is -2.14. The fourth-order valence-electron chi connectivity index (χ4n) is 1.38. The molecule has 0 spiro atoms. The number of ether oxygens (including phenoxy) is 1. The van der Waals surface area contributed by atoms with Gasteiger partial charge in [0.1, 0.15) is 0 Å². The predicted molar refractivity (Wildman–Crippen MR) is 66.9 cm³/mol. The monoisotopic (exact) mass is 263 g/mol. The molecule has 0 aliphatic carbocycles. The minimum atomic E-state index is -0.549. The Balaban J connectivity index is 1.92. The number of aromatic amines is 1. The first kappa shape index (κ1) is 12.4. The van der Waals surface area contributed by atoms with Gasteiger partial charge in [0.15, 0.2) is 6.61 Å². The second kappa shape index (κ2) is 5.51. The number of halogens is 1. The Bertz CT molecular complexity index is 546. The van der Waals surface area contributed by atoms with Crippen LogP contribution in [0.15, 0.2) is 42.6 Å². The number of carbonyl (C=O) groups excluding carboxylic acids is 2. The highest BCUT2D eigenvalue weighted by Crippen LogP contribution is 2.10. The second-order valence-electron chi connectivity index (χ2n) is 3.59. The molecular formula is C13H10ClNO3. The number of nitrogens with one attached hydrogen (secondary N) is 1. The smallest absolute Gasteiger partial charge is 0.338 e. The van der Waals surface area contributed by atoms with E-state index in [9.17, 15) is 9.59 Å². The maximum atomic E-state index is 11.6. The summed E-state index contributed by atoms with van der Waals surface area (Å²) in [5.41, 5.74) is 0.776. The van der Waals surface area contributed by atoms with E-state index in [-0.39, 0.29) is 12.4 Å². The standard InChI is InChI=1S/C13H10ClNO3/c14-10-5-3-9(4-6-10)13(17)18-8-12(16)11-2-1-7-15-11/h1-7,15H,8H2. The molecule has 0 amide bonds. The normalized spacial score (nSPS) is 10.1. The zero-order chi connectivity index (χ0) is 13.0. The summed E-state index contributed by atoms with van der Waals surface area (Å²) in [6.07, 6.45) is 1.63. The van der Waals surface area contributed by atoms with E-state index in [0.29, 0.717) is 16.3 Å². The number of hydrogen-bond donors (Lipinski definition) is 1. The molecule has 2 rings (SSSR count). The largest absolute Gasteiger partial charge is 0.454 e. The molecule has 4 nitrogen and oxygen atoms in total. The maximum Gasteiger partial charge on any atom is 0.338 e. The number of hydrogen-bond acceptors (Lipinski definition) is 3. The van der Waals surface area contributed by atoms with Crippen molar-refractivity contribution < 1.29 is 14.3 Å². The van der Waals surface area contributed by atoms with Crippen LogP contribution in [-0.4, -0.2) is 23.3 Å². The Morgan fingerprint density at radius 1 is 1.17 bits per heavy atom. The minimum absolute atomic E-state index is 0.276. The summed E-state index contributed by atoms with van der Waals surface area (Å²) in [6, 6.07) is 9.59. The molecule has 0 unspecified atom stereocenters. The van der Waals surface area contributed by atoms with E-state index in [2.05, 4.69) is 4.98 Å². The summed E-state index contributed by atoms with van der Waals surface area (Å²) >= 11 is 5.70.